The summed E-state index contributed by atoms with van der Waals surface area (Å²) in [6.07, 6.45) is 1.09. The van der Waals surface area contributed by atoms with Crippen molar-refractivity contribution in [1.82, 2.24) is 4.98 Å². The molecule has 0 atom stereocenters. The molecule has 5 heteroatoms. The number of ether oxygens (including phenoxy) is 1. The van der Waals surface area contributed by atoms with Gasteiger partial charge in [0.2, 0.25) is 5.89 Å². The maximum atomic E-state index is 10.5. The first-order valence-corrected chi connectivity index (χ1v) is 4.61. The molecule has 1 aromatic heterocycles. The molecule has 0 fully saturated rings. The van der Waals surface area contributed by atoms with Gasteiger partial charge in [0.15, 0.2) is 12.3 Å². The fourth-order valence-corrected chi connectivity index (χ4v) is 1.14. The number of hydrogen-bond donors (Lipinski definition) is 1. The Morgan fingerprint density at radius 3 is 2.75 bits per heavy atom. The van der Waals surface area contributed by atoms with Crippen LogP contribution in [0.5, 0.6) is 5.75 Å². The molecule has 5 nitrogen and oxygen atoms in total. The summed E-state index contributed by atoms with van der Waals surface area (Å²) < 4.78 is 10.3. The van der Waals surface area contributed by atoms with Gasteiger partial charge in [-0.25, -0.2) is 9.78 Å². The van der Waals surface area contributed by atoms with Crippen molar-refractivity contribution < 1.29 is 19.1 Å². The second-order valence-electron chi connectivity index (χ2n) is 3.03. The van der Waals surface area contributed by atoms with E-state index >= 15 is 0 Å². The molecule has 2 aromatic rings. The van der Waals surface area contributed by atoms with E-state index in [1.54, 1.807) is 12.1 Å². The van der Waals surface area contributed by atoms with Gasteiger partial charge in [0, 0.05) is 0 Å². The maximum absolute atomic E-state index is 10.5. The second kappa shape index (κ2) is 4.48. The van der Waals surface area contributed by atoms with Crippen LogP contribution in [0.2, 0.25) is 0 Å². The van der Waals surface area contributed by atoms with Crippen molar-refractivity contribution in [2.24, 2.45) is 0 Å². The summed E-state index contributed by atoms with van der Waals surface area (Å²) in [4.78, 5) is 14.3. The fourth-order valence-electron chi connectivity index (χ4n) is 1.14. The molecule has 0 aliphatic carbocycles. The molecule has 2 rings (SSSR count). The number of hydrogen-bond acceptors (Lipinski definition) is 4. The Labute approximate surface area is 91.3 Å². The first-order chi connectivity index (χ1) is 7.75. The largest absolute Gasteiger partial charge is 0.484 e. The van der Waals surface area contributed by atoms with Gasteiger partial charge in [-0.1, -0.05) is 18.2 Å². The molecule has 1 N–H and O–H groups in total. The first kappa shape index (κ1) is 10.2. The highest BCUT2D eigenvalue weighted by Gasteiger charge is 2.10. The SMILES string of the molecule is O=C(O)c1coc(COc2ccccc2)n1. The van der Waals surface area contributed by atoms with E-state index in [9.17, 15) is 4.79 Å². The standard InChI is InChI=1S/C11H9NO4/c13-11(14)9-6-16-10(12-9)7-15-8-4-2-1-3-5-8/h1-6H,7H2,(H,13,14). The third-order valence-electron chi connectivity index (χ3n) is 1.88. The Balaban J connectivity index is 1.97. The number of benzene rings is 1. The molecule has 0 aliphatic heterocycles. The summed E-state index contributed by atoms with van der Waals surface area (Å²) in [6.45, 7) is 0.108. The Hall–Kier alpha value is -2.30. The van der Waals surface area contributed by atoms with Crippen LogP contribution in [0.15, 0.2) is 41.0 Å². The molecule has 82 valence electrons. The van der Waals surface area contributed by atoms with Crippen molar-refractivity contribution in [3.05, 3.63) is 48.2 Å². The normalized spacial score (nSPS) is 10.0. The molecule has 0 saturated carbocycles. The Morgan fingerprint density at radius 2 is 2.12 bits per heavy atom. The van der Waals surface area contributed by atoms with Crippen LogP contribution < -0.4 is 4.74 Å². The van der Waals surface area contributed by atoms with Crippen LogP contribution >= 0.6 is 0 Å². The van der Waals surface area contributed by atoms with Crippen molar-refractivity contribution in [2.75, 3.05) is 0 Å². The molecule has 0 aliphatic rings. The summed E-state index contributed by atoms with van der Waals surface area (Å²) in [5.74, 6) is -0.200. The van der Waals surface area contributed by atoms with E-state index in [-0.39, 0.29) is 18.2 Å². The lowest BCUT2D eigenvalue weighted by atomic mass is 10.3. The van der Waals surface area contributed by atoms with E-state index in [0.29, 0.717) is 5.75 Å². The van der Waals surface area contributed by atoms with E-state index in [1.807, 2.05) is 18.2 Å². The van der Waals surface area contributed by atoms with Crippen LogP contribution in [-0.4, -0.2) is 16.1 Å². The molecule has 0 bridgehead atoms. The van der Waals surface area contributed by atoms with Crippen molar-refractivity contribution in [1.29, 1.82) is 0 Å². The smallest absolute Gasteiger partial charge is 0.357 e. The highest BCUT2D eigenvalue weighted by Crippen LogP contribution is 2.11. The summed E-state index contributed by atoms with van der Waals surface area (Å²) in [5, 5.41) is 8.62. The van der Waals surface area contributed by atoms with Crippen molar-refractivity contribution in [2.45, 2.75) is 6.61 Å². The number of carboxylic acids is 1. The van der Waals surface area contributed by atoms with E-state index in [4.69, 9.17) is 14.3 Å². The van der Waals surface area contributed by atoms with Gasteiger partial charge in [-0.2, -0.15) is 0 Å². The highest BCUT2D eigenvalue weighted by atomic mass is 16.5. The van der Waals surface area contributed by atoms with E-state index < -0.39 is 5.97 Å². The van der Waals surface area contributed by atoms with Gasteiger partial charge >= 0.3 is 5.97 Å². The van der Waals surface area contributed by atoms with E-state index in [1.165, 1.54) is 0 Å². The third kappa shape index (κ3) is 2.38. The predicted octanol–water partition coefficient (Wildman–Crippen LogP) is 1.95. The lowest BCUT2D eigenvalue weighted by Gasteiger charge is -2.01. The number of aromatic carboxylic acids is 1. The molecular formula is C11H9NO4. The molecule has 0 saturated heterocycles. The molecule has 0 unspecified atom stereocenters. The quantitative estimate of drug-likeness (QED) is 0.850. The average Bonchev–Trinajstić information content (AvgIpc) is 2.76. The molecule has 0 amide bonds. The Morgan fingerprint density at radius 1 is 1.38 bits per heavy atom. The van der Waals surface area contributed by atoms with Gasteiger partial charge < -0.3 is 14.3 Å². The van der Waals surface area contributed by atoms with Crippen molar-refractivity contribution in [3.63, 3.8) is 0 Å². The highest BCUT2D eigenvalue weighted by molar-refractivity contribution is 5.84. The minimum absolute atomic E-state index is 0.108. The molecule has 1 heterocycles. The van der Waals surface area contributed by atoms with Crippen LogP contribution in [-0.2, 0) is 6.61 Å². The second-order valence-corrected chi connectivity index (χ2v) is 3.03. The Bertz CT molecular complexity index is 478. The summed E-state index contributed by atoms with van der Waals surface area (Å²) in [6, 6.07) is 9.14. The monoisotopic (exact) mass is 219 g/mol. The number of oxazole rings is 1. The lowest BCUT2D eigenvalue weighted by Crippen LogP contribution is -1.99. The maximum Gasteiger partial charge on any atom is 0.357 e. The lowest BCUT2D eigenvalue weighted by molar-refractivity contribution is 0.0690. The number of aromatic nitrogens is 1. The number of rotatable bonds is 4. The number of carbonyl (C=O) groups is 1. The molecule has 0 radical (unpaired) electrons. The number of para-hydroxylation sites is 1. The van der Waals surface area contributed by atoms with Crippen molar-refractivity contribution in [3.8, 4) is 5.75 Å². The van der Waals surface area contributed by atoms with E-state index in [0.717, 1.165) is 6.26 Å². The zero-order chi connectivity index (χ0) is 11.4. The summed E-state index contributed by atoms with van der Waals surface area (Å²) >= 11 is 0. The van der Waals surface area contributed by atoms with Gasteiger partial charge in [0.25, 0.3) is 0 Å². The van der Waals surface area contributed by atoms with Gasteiger partial charge in [-0.3, -0.25) is 0 Å². The minimum atomic E-state index is -1.12. The van der Waals surface area contributed by atoms with Crippen LogP contribution in [0, 0.1) is 0 Å². The third-order valence-corrected chi connectivity index (χ3v) is 1.88. The average molecular weight is 219 g/mol. The first-order valence-electron chi connectivity index (χ1n) is 4.61. The summed E-state index contributed by atoms with van der Waals surface area (Å²) in [5.41, 5.74) is -0.119. The zero-order valence-corrected chi connectivity index (χ0v) is 8.29. The minimum Gasteiger partial charge on any atom is -0.484 e. The zero-order valence-electron chi connectivity index (χ0n) is 8.29. The number of nitrogens with zero attached hydrogens (tertiary/aromatic N) is 1. The van der Waals surface area contributed by atoms with Gasteiger partial charge in [-0.15, -0.1) is 0 Å². The van der Waals surface area contributed by atoms with Crippen LogP contribution in [0.25, 0.3) is 0 Å². The van der Waals surface area contributed by atoms with Gasteiger partial charge in [0.05, 0.1) is 0 Å². The van der Waals surface area contributed by atoms with Gasteiger partial charge in [-0.05, 0) is 12.1 Å². The van der Waals surface area contributed by atoms with Crippen molar-refractivity contribution >= 4 is 5.97 Å². The number of carboxylic acid groups (broad SMARTS) is 1. The van der Waals surface area contributed by atoms with Crippen LogP contribution in [0.1, 0.15) is 16.4 Å². The predicted molar refractivity (Wildman–Crippen MR) is 54.2 cm³/mol. The molecule has 1 aromatic carbocycles. The fraction of sp³-hybridized carbons (Fsp3) is 0.0909. The Kier molecular flexibility index (Phi) is 2.86. The van der Waals surface area contributed by atoms with Crippen LogP contribution in [0.4, 0.5) is 0 Å². The summed E-state index contributed by atoms with van der Waals surface area (Å²) in [7, 11) is 0. The molecule has 16 heavy (non-hydrogen) atoms. The molecular weight excluding hydrogens is 210 g/mol. The van der Waals surface area contributed by atoms with E-state index in [2.05, 4.69) is 4.98 Å². The van der Waals surface area contributed by atoms with Crippen LogP contribution in [0.3, 0.4) is 0 Å². The van der Waals surface area contributed by atoms with Gasteiger partial charge in [0.1, 0.15) is 12.0 Å². The topological polar surface area (TPSA) is 72.6 Å². The molecule has 0 spiro atoms.